The van der Waals surface area contributed by atoms with Crippen molar-refractivity contribution in [1.29, 1.82) is 0 Å². The Balaban J connectivity index is 1.32. The molecule has 1 aromatic heterocycles. The largest absolute Gasteiger partial charge is 0.493 e. The van der Waals surface area contributed by atoms with Gasteiger partial charge in [0.05, 0.1) is 25.7 Å². The van der Waals surface area contributed by atoms with Gasteiger partial charge in [-0.3, -0.25) is 0 Å². The molecular weight excluding hydrogens is 423 g/mol. The lowest BCUT2D eigenvalue weighted by Crippen LogP contribution is -2.22. The number of fused-ring (bicyclic) bond motifs is 2. The molecule has 7 nitrogen and oxygen atoms in total. The minimum Gasteiger partial charge on any atom is -0.493 e. The van der Waals surface area contributed by atoms with Crippen LogP contribution in [0.5, 0.6) is 17.2 Å². The smallest absolute Gasteiger partial charge is 0.219 e. The van der Waals surface area contributed by atoms with Gasteiger partial charge in [0, 0.05) is 34.8 Å². The SMILES string of the molecule is COc1cc2c(cc1OCCCN1CCCC1)NC=NC2Oc1ccc2[nH]c(C)cc2c1F. The average molecular weight is 453 g/mol. The van der Waals surface area contributed by atoms with Crippen LogP contribution in [0.4, 0.5) is 10.1 Å². The van der Waals surface area contributed by atoms with E-state index in [1.165, 1.54) is 25.9 Å². The third-order valence-electron chi connectivity index (χ3n) is 6.18. The molecule has 1 saturated heterocycles. The number of ether oxygens (including phenoxy) is 3. The van der Waals surface area contributed by atoms with Gasteiger partial charge in [0.2, 0.25) is 6.23 Å². The lowest BCUT2D eigenvalue weighted by atomic mass is 10.1. The molecule has 1 atom stereocenters. The fraction of sp³-hybridized carbons (Fsp3) is 0.400. The number of rotatable bonds is 8. The molecule has 0 radical (unpaired) electrons. The predicted octanol–water partition coefficient (Wildman–Crippen LogP) is 5.02. The molecule has 3 aromatic rings. The van der Waals surface area contributed by atoms with Gasteiger partial charge in [-0.2, -0.15) is 0 Å². The summed E-state index contributed by atoms with van der Waals surface area (Å²) in [5.74, 6) is 1.00. The molecule has 0 aliphatic carbocycles. The second-order valence-electron chi connectivity index (χ2n) is 8.53. The van der Waals surface area contributed by atoms with Gasteiger partial charge >= 0.3 is 0 Å². The lowest BCUT2D eigenvalue weighted by molar-refractivity contribution is 0.206. The van der Waals surface area contributed by atoms with E-state index < -0.39 is 12.0 Å². The Morgan fingerprint density at radius 1 is 1.12 bits per heavy atom. The van der Waals surface area contributed by atoms with Crippen molar-refractivity contribution in [2.24, 2.45) is 4.99 Å². The van der Waals surface area contributed by atoms with Crippen LogP contribution >= 0.6 is 0 Å². The average Bonchev–Trinajstić information content (AvgIpc) is 3.47. The first-order valence-corrected chi connectivity index (χ1v) is 11.4. The van der Waals surface area contributed by atoms with Crippen molar-refractivity contribution in [2.75, 3.05) is 38.7 Å². The van der Waals surface area contributed by atoms with E-state index in [4.69, 9.17) is 14.2 Å². The first kappa shape index (κ1) is 21.6. The fourth-order valence-electron chi connectivity index (χ4n) is 4.50. The van der Waals surface area contributed by atoms with Crippen molar-refractivity contribution in [2.45, 2.75) is 32.4 Å². The molecule has 0 spiro atoms. The monoisotopic (exact) mass is 452 g/mol. The Hall–Kier alpha value is -3.26. The first-order valence-electron chi connectivity index (χ1n) is 11.4. The summed E-state index contributed by atoms with van der Waals surface area (Å²) in [6.45, 7) is 5.92. The minimum absolute atomic E-state index is 0.151. The summed E-state index contributed by atoms with van der Waals surface area (Å²) in [6, 6.07) is 8.94. The number of methoxy groups -OCH3 is 1. The number of nitrogens with one attached hydrogen (secondary N) is 2. The maximum Gasteiger partial charge on any atom is 0.219 e. The van der Waals surface area contributed by atoms with E-state index in [1.54, 1.807) is 25.6 Å². The Bertz CT molecular complexity index is 1170. The highest BCUT2D eigenvalue weighted by Gasteiger charge is 2.24. The molecule has 8 heteroatoms. The number of halogens is 1. The standard InChI is InChI=1S/C25H29FN4O3/c1-16-12-17-19(29-16)6-7-21(24(17)26)33-25-18-13-22(31-2)23(14-20(18)27-15-28-25)32-11-5-10-30-8-3-4-9-30/h6-7,12-15,25,29H,3-5,8-11H2,1-2H3,(H,27,28). The first-order chi connectivity index (χ1) is 16.1. The van der Waals surface area contributed by atoms with Crippen molar-refractivity contribution in [3.63, 3.8) is 0 Å². The maximum atomic E-state index is 15.0. The van der Waals surface area contributed by atoms with Crippen LogP contribution in [0.1, 0.15) is 36.7 Å². The molecule has 33 heavy (non-hydrogen) atoms. The summed E-state index contributed by atoms with van der Waals surface area (Å²) < 4.78 is 32.7. The van der Waals surface area contributed by atoms with Crippen LogP contribution in [-0.4, -0.2) is 49.6 Å². The molecular formula is C25H29FN4O3. The Kier molecular flexibility index (Phi) is 6.09. The van der Waals surface area contributed by atoms with Crippen LogP contribution in [0.15, 0.2) is 35.3 Å². The van der Waals surface area contributed by atoms with Gasteiger partial charge in [-0.15, -0.1) is 0 Å². The molecule has 2 aliphatic rings. The Morgan fingerprint density at radius 2 is 1.97 bits per heavy atom. The van der Waals surface area contributed by atoms with Crippen LogP contribution in [-0.2, 0) is 0 Å². The number of aryl methyl sites for hydroxylation is 1. The van der Waals surface area contributed by atoms with E-state index >= 15 is 4.39 Å². The van der Waals surface area contributed by atoms with Gasteiger partial charge in [0.1, 0.15) is 0 Å². The number of likely N-dealkylation sites (tertiary alicyclic amines) is 1. The number of aromatic nitrogens is 1. The zero-order chi connectivity index (χ0) is 22.8. The lowest BCUT2D eigenvalue weighted by Gasteiger charge is -2.24. The van der Waals surface area contributed by atoms with E-state index in [-0.39, 0.29) is 5.75 Å². The number of hydrogen-bond donors (Lipinski definition) is 2. The number of aromatic amines is 1. The van der Waals surface area contributed by atoms with Crippen LogP contribution in [0.3, 0.4) is 0 Å². The summed E-state index contributed by atoms with van der Waals surface area (Å²) in [5.41, 5.74) is 3.18. The zero-order valence-corrected chi connectivity index (χ0v) is 19.0. The van der Waals surface area contributed by atoms with Gasteiger partial charge in [-0.1, -0.05) is 0 Å². The van der Waals surface area contributed by atoms with Crippen molar-refractivity contribution in [1.82, 2.24) is 9.88 Å². The number of H-pyrrole nitrogens is 1. The third kappa shape index (κ3) is 4.48. The summed E-state index contributed by atoms with van der Waals surface area (Å²) in [6.07, 6.45) is 4.40. The molecule has 174 valence electrons. The molecule has 2 aliphatic heterocycles. The van der Waals surface area contributed by atoms with Crippen LogP contribution in [0.2, 0.25) is 0 Å². The predicted molar refractivity (Wildman–Crippen MR) is 127 cm³/mol. The van der Waals surface area contributed by atoms with Crippen molar-refractivity contribution in [3.05, 3.63) is 47.4 Å². The normalized spacial score (nSPS) is 17.7. The number of hydrogen-bond acceptors (Lipinski definition) is 6. The molecule has 0 bridgehead atoms. The van der Waals surface area contributed by atoms with Crippen molar-refractivity contribution in [3.8, 4) is 17.2 Å². The molecule has 2 aromatic carbocycles. The summed E-state index contributed by atoms with van der Waals surface area (Å²) in [4.78, 5) is 9.99. The van der Waals surface area contributed by atoms with E-state index in [2.05, 4.69) is 20.2 Å². The highest BCUT2D eigenvalue weighted by molar-refractivity contribution is 5.83. The van der Waals surface area contributed by atoms with E-state index in [0.717, 1.165) is 35.4 Å². The topological polar surface area (TPSA) is 71.1 Å². The highest BCUT2D eigenvalue weighted by Crippen LogP contribution is 2.40. The highest BCUT2D eigenvalue weighted by atomic mass is 19.1. The molecule has 1 fully saturated rings. The van der Waals surface area contributed by atoms with Crippen LogP contribution in [0.25, 0.3) is 10.9 Å². The van der Waals surface area contributed by atoms with Crippen LogP contribution in [0, 0.1) is 12.7 Å². The van der Waals surface area contributed by atoms with E-state index in [1.807, 2.05) is 25.1 Å². The summed E-state index contributed by atoms with van der Waals surface area (Å²) >= 11 is 0. The molecule has 3 heterocycles. The second-order valence-corrected chi connectivity index (χ2v) is 8.53. The van der Waals surface area contributed by atoms with E-state index in [9.17, 15) is 0 Å². The second kappa shape index (κ2) is 9.31. The minimum atomic E-state index is -0.702. The summed E-state index contributed by atoms with van der Waals surface area (Å²) in [7, 11) is 1.61. The zero-order valence-electron chi connectivity index (χ0n) is 19.0. The number of benzene rings is 2. The molecule has 2 N–H and O–H groups in total. The van der Waals surface area contributed by atoms with Gasteiger partial charge < -0.3 is 29.4 Å². The Morgan fingerprint density at radius 3 is 2.79 bits per heavy atom. The number of anilines is 1. The molecule has 0 amide bonds. The molecule has 1 unspecified atom stereocenters. The van der Waals surface area contributed by atoms with Gasteiger partial charge in [0.25, 0.3) is 0 Å². The quantitative estimate of drug-likeness (QED) is 0.470. The maximum absolute atomic E-state index is 15.0. The van der Waals surface area contributed by atoms with Crippen molar-refractivity contribution >= 4 is 22.9 Å². The molecule has 5 rings (SSSR count). The molecule has 0 saturated carbocycles. The fourth-order valence-corrected chi connectivity index (χ4v) is 4.50. The number of aliphatic imine (C=N–C) groups is 1. The van der Waals surface area contributed by atoms with Gasteiger partial charge in [-0.05, 0) is 63.5 Å². The van der Waals surface area contributed by atoms with Crippen LogP contribution < -0.4 is 19.5 Å². The van der Waals surface area contributed by atoms with Gasteiger partial charge in [0.15, 0.2) is 23.1 Å². The third-order valence-corrected chi connectivity index (χ3v) is 6.18. The summed E-state index contributed by atoms with van der Waals surface area (Å²) in [5, 5.41) is 3.64. The Labute approximate surface area is 192 Å². The van der Waals surface area contributed by atoms with Crippen molar-refractivity contribution < 1.29 is 18.6 Å². The number of nitrogens with zero attached hydrogens (tertiary/aromatic N) is 2. The van der Waals surface area contributed by atoms with Gasteiger partial charge in [-0.25, -0.2) is 9.38 Å². The van der Waals surface area contributed by atoms with E-state index in [0.29, 0.717) is 23.5 Å².